The number of carbonyl (C=O) groups excluding carboxylic acids is 1. The van der Waals surface area contributed by atoms with Crippen molar-refractivity contribution < 1.29 is 4.79 Å². The van der Waals surface area contributed by atoms with E-state index in [-0.39, 0.29) is 5.91 Å². The predicted octanol–water partition coefficient (Wildman–Crippen LogP) is 2.68. The molecule has 106 valence electrons. The molecule has 1 aromatic heterocycles. The summed E-state index contributed by atoms with van der Waals surface area (Å²) >= 11 is 0. The van der Waals surface area contributed by atoms with E-state index in [0.29, 0.717) is 17.9 Å². The minimum absolute atomic E-state index is 0.0184. The van der Waals surface area contributed by atoms with Gasteiger partial charge in [0.25, 0.3) is 0 Å². The molecule has 0 aliphatic rings. The molecule has 2 aromatic rings. The molecule has 0 saturated carbocycles. The van der Waals surface area contributed by atoms with Gasteiger partial charge in [-0.05, 0) is 29.8 Å². The molecule has 0 spiro atoms. The number of amides is 1. The Bertz CT molecular complexity index is 691. The summed E-state index contributed by atoms with van der Waals surface area (Å²) in [5, 5.41) is 12.2. The summed E-state index contributed by atoms with van der Waals surface area (Å²) in [7, 11) is 1.76. The SMILES string of the molecule is CC(=O)N(C)Cc1cccc(Nc2ncccc2C#N)c1. The van der Waals surface area contributed by atoms with E-state index in [0.717, 1.165) is 11.3 Å². The first-order valence-corrected chi connectivity index (χ1v) is 6.53. The molecule has 0 saturated heterocycles. The highest BCUT2D eigenvalue weighted by Crippen LogP contribution is 2.19. The van der Waals surface area contributed by atoms with Crippen molar-refractivity contribution in [1.29, 1.82) is 5.26 Å². The Kier molecular flexibility index (Phi) is 4.52. The number of nitrogens with one attached hydrogen (secondary N) is 1. The number of rotatable bonds is 4. The van der Waals surface area contributed by atoms with E-state index in [4.69, 9.17) is 5.26 Å². The molecular formula is C16H16N4O. The van der Waals surface area contributed by atoms with Crippen LogP contribution < -0.4 is 5.32 Å². The monoisotopic (exact) mass is 280 g/mol. The summed E-state index contributed by atoms with van der Waals surface area (Å²) < 4.78 is 0. The van der Waals surface area contributed by atoms with Gasteiger partial charge in [0.2, 0.25) is 5.91 Å². The van der Waals surface area contributed by atoms with Crippen LogP contribution in [0.2, 0.25) is 0 Å². The fourth-order valence-electron chi connectivity index (χ4n) is 1.86. The quantitative estimate of drug-likeness (QED) is 0.934. The second-order valence-corrected chi connectivity index (χ2v) is 4.71. The first-order chi connectivity index (χ1) is 10.1. The average Bonchev–Trinajstić information content (AvgIpc) is 2.48. The number of anilines is 2. The highest BCUT2D eigenvalue weighted by atomic mass is 16.2. The van der Waals surface area contributed by atoms with Gasteiger partial charge in [0.15, 0.2) is 0 Å². The van der Waals surface area contributed by atoms with Crippen LogP contribution in [0.4, 0.5) is 11.5 Å². The smallest absolute Gasteiger partial charge is 0.219 e. The first-order valence-electron chi connectivity index (χ1n) is 6.53. The van der Waals surface area contributed by atoms with E-state index in [1.54, 1.807) is 30.3 Å². The number of hydrogen-bond acceptors (Lipinski definition) is 4. The van der Waals surface area contributed by atoms with Crippen LogP contribution in [0.5, 0.6) is 0 Å². The van der Waals surface area contributed by atoms with Crippen molar-refractivity contribution in [2.24, 2.45) is 0 Å². The Balaban J connectivity index is 2.18. The molecule has 0 atom stereocenters. The van der Waals surface area contributed by atoms with Gasteiger partial charge in [-0.25, -0.2) is 4.98 Å². The topological polar surface area (TPSA) is 69.0 Å². The van der Waals surface area contributed by atoms with Gasteiger partial charge in [-0.15, -0.1) is 0 Å². The van der Waals surface area contributed by atoms with Crippen molar-refractivity contribution >= 4 is 17.4 Å². The minimum atomic E-state index is 0.0184. The van der Waals surface area contributed by atoms with Crippen molar-refractivity contribution in [3.63, 3.8) is 0 Å². The third kappa shape index (κ3) is 3.80. The zero-order chi connectivity index (χ0) is 15.2. The number of pyridine rings is 1. The highest BCUT2D eigenvalue weighted by molar-refractivity contribution is 5.73. The molecule has 0 unspecified atom stereocenters. The Morgan fingerprint density at radius 1 is 1.38 bits per heavy atom. The Morgan fingerprint density at radius 2 is 2.19 bits per heavy atom. The number of benzene rings is 1. The van der Waals surface area contributed by atoms with Crippen molar-refractivity contribution in [3.05, 3.63) is 53.7 Å². The molecule has 0 aliphatic carbocycles. The van der Waals surface area contributed by atoms with Gasteiger partial charge >= 0.3 is 0 Å². The van der Waals surface area contributed by atoms with Crippen LogP contribution in [0.25, 0.3) is 0 Å². The van der Waals surface area contributed by atoms with E-state index in [1.807, 2.05) is 24.3 Å². The molecule has 1 heterocycles. The maximum Gasteiger partial charge on any atom is 0.219 e. The van der Waals surface area contributed by atoms with E-state index < -0.39 is 0 Å². The molecule has 0 aliphatic heterocycles. The number of aromatic nitrogens is 1. The molecular weight excluding hydrogens is 264 g/mol. The van der Waals surface area contributed by atoms with E-state index in [1.165, 1.54) is 6.92 Å². The lowest BCUT2D eigenvalue weighted by atomic mass is 10.2. The normalized spacial score (nSPS) is 9.76. The van der Waals surface area contributed by atoms with Crippen molar-refractivity contribution in [3.8, 4) is 6.07 Å². The lowest BCUT2D eigenvalue weighted by Crippen LogP contribution is -2.22. The minimum Gasteiger partial charge on any atom is -0.342 e. The fraction of sp³-hybridized carbons (Fsp3) is 0.188. The fourth-order valence-corrected chi connectivity index (χ4v) is 1.86. The molecule has 2 rings (SSSR count). The van der Waals surface area contributed by atoms with Gasteiger partial charge < -0.3 is 10.2 Å². The third-order valence-electron chi connectivity index (χ3n) is 3.08. The highest BCUT2D eigenvalue weighted by Gasteiger charge is 2.06. The van der Waals surface area contributed by atoms with Crippen LogP contribution in [-0.2, 0) is 11.3 Å². The summed E-state index contributed by atoms with van der Waals surface area (Å²) in [5.41, 5.74) is 2.33. The molecule has 1 aromatic carbocycles. The molecule has 0 bridgehead atoms. The summed E-state index contributed by atoms with van der Waals surface area (Å²) in [5.74, 6) is 0.543. The number of nitrogens with zero attached hydrogens (tertiary/aromatic N) is 3. The second-order valence-electron chi connectivity index (χ2n) is 4.71. The largest absolute Gasteiger partial charge is 0.342 e. The van der Waals surface area contributed by atoms with Crippen LogP contribution in [0.1, 0.15) is 18.1 Å². The summed E-state index contributed by atoms with van der Waals surface area (Å²) in [6.07, 6.45) is 1.64. The van der Waals surface area contributed by atoms with Crippen molar-refractivity contribution in [2.75, 3.05) is 12.4 Å². The van der Waals surface area contributed by atoms with Crippen molar-refractivity contribution in [2.45, 2.75) is 13.5 Å². The molecule has 5 heteroatoms. The maximum absolute atomic E-state index is 11.3. The molecule has 0 fully saturated rings. The van der Waals surface area contributed by atoms with Crippen LogP contribution in [0.3, 0.4) is 0 Å². The molecule has 0 radical (unpaired) electrons. The number of hydrogen-bond donors (Lipinski definition) is 1. The zero-order valence-electron chi connectivity index (χ0n) is 12.0. The summed E-state index contributed by atoms with van der Waals surface area (Å²) in [4.78, 5) is 17.1. The van der Waals surface area contributed by atoms with Gasteiger partial charge in [-0.2, -0.15) is 5.26 Å². The van der Waals surface area contributed by atoms with Crippen LogP contribution in [0, 0.1) is 11.3 Å². The van der Waals surface area contributed by atoms with Crippen LogP contribution in [0.15, 0.2) is 42.6 Å². The lowest BCUT2D eigenvalue weighted by Gasteiger charge is -2.15. The van der Waals surface area contributed by atoms with Gasteiger partial charge in [-0.3, -0.25) is 4.79 Å². The standard InChI is InChI=1S/C16H16N4O/c1-12(21)20(2)11-13-5-3-7-15(9-13)19-16-14(10-17)6-4-8-18-16/h3-9H,11H2,1-2H3,(H,18,19). The maximum atomic E-state index is 11.3. The van der Waals surface area contributed by atoms with Gasteiger partial charge in [-0.1, -0.05) is 12.1 Å². The third-order valence-corrected chi connectivity index (χ3v) is 3.08. The van der Waals surface area contributed by atoms with E-state index in [9.17, 15) is 4.79 Å². The van der Waals surface area contributed by atoms with Crippen LogP contribution >= 0.6 is 0 Å². The van der Waals surface area contributed by atoms with Gasteiger partial charge in [0, 0.05) is 32.4 Å². The number of nitriles is 1. The Hall–Kier alpha value is -2.87. The zero-order valence-corrected chi connectivity index (χ0v) is 12.0. The van der Waals surface area contributed by atoms with Gasteiger partial charge in [0.1, 0.15) is 11.9 Å². The van der Waals surface area contributed by atoms with Gasteiger partial charge in [0.05, 0.1) is 5.56 Å². The molecule has 1 amide bonds. The second kappa shape index (κ2) is 6.53. The molecule has 21 heavy (non-hydrogen) atoms. The Labute approximate surface area is 123 Å². The lowest BCUT2D eigenvalue weighted by molar-refractivity contribution is -0.128. The predicted molar refractivity (Wildman–Crippen MR) is 80.8 cm³/mol. The Morgan fingerprint density at radius 3 is 2.90 bits per heavy atom. The van der Waals surface area contributed by atoms with E-state index >= 15 is 0 Å². The number of carbonyl (C=O) groups is 1. The molecule has 5 nitrogen and oxygen atoms in total. The first kappa shape index (κ1) is 14.5. The summed E-state index contributed by atoms with van der Waals surface area (Å²) in [6, 6.07) is 13.2. The van der Waals surface area contributed by atoms with Crippen molar-refractivity contribution in [1.82, 2.24) is 9.88 Å². The van der Waals surface area contributed by atoms with Crippen LogP contribution in [-0.4, -0.2) is 22.8 Å². The van der Waals surface area contributed by atoms with E-state index in [2.05, 4.69) is 16.4 Å². The summed E-state index contributed by atoms with van der Waals surface area (Å²) in [6.45, 7) is 2.08. The molecule has 1 N–H and O–H groups in total. The average molecular weight is 280 g/mol.